The molecule has 0 unspecified atom stereocenters. The smallest absolute Gasteiger partial charge is 0.330 e. The molecule has 9 nitrogen and oxygen atoms in total. The van der Waals surface area contributed by atoms with Crippen molar-refractivity contribution in [2.75, 3.05) is 30.9 Å². The Labute approximate surface area is 165 Å². The molecule has 2 aromatic heterocycles. The summed E-state index contributed by atoms with van der Waals surface area (Å²) in [5, 5.41) is 0.386. The third-order valence-electron chi connectivity index (χ3n) is 4.03. The second-order valence-corrected chi connectivity index (χ2v) is 6.59. The molecule has 1 amide bonds. The molecule has 3 N–H and O–H groups in total. The van der Waals surface area contributed by atoms with Gasteiger partial charge in [-0.1, -0.05) is 30.1 Å². The molecule has 0 atom stereocenters. The average Bonchev–Trinajstić information content (AvgIpc) is 2.88. The molecule has 0 aromatic carbocycles. The van der Waals surface area contributed by atoms with E-state index in [2.05, 4.69) is 4.98 Å². The molecule has 0 radical (unpaired) electrons. The van der Waals surface area contributed by atoms with E-state index in [0.717, 1.165) is 4.90 Å². The van der Waals surface area contributed by atoms with Crippen LogP contribution in [-0.4, -0.2) is 40.3 Å². The van der Waals surface area contributed by atoms with Crippen molar-refractivity contribution in [3.05, 3.63) is 42.8 Å². The zero-order valence-corrected chi connectivity index (χ0v) is 16.7. The van der Waals surface area contributed by atoms with Crippen molar-refractivity contribution >= 4 is 40.6 Å². The van der Waals surface area contributed by atoms with Gasteiger partial charge in [0.15, 0.2) is 5.69 Å². The number of rotatable bonds is 7. The van der Waals surface area contributed by atoms with Crippen molar-refractivity contribution in [1.29, 1.82) is 0 Å². The van der Waals surface area contributed by atoms with Crippen LogP contribution in [0.3, 0.4) is 0 Å². The van der Waals surface area contributed by atoms with Gasteiger partial charge < -0.3 is 15.0 Å². The number of nitrogens with zero attached hydrogens (tertiary/aromatic N) is 3. The fourth-order valence-electron chi connectivity index (χ4n) is 2.67. The molecule has 2 heterocycles. The Hall–Kier alpha value is -2.23. The lowest BCUT2D eigenvalue weighted by Gasteiger charge is -2.24. The number of nitrogens with one attached hydrogen (secondary N) is 1. The molecule has 148 valence electrons. The number of ether oxygens (including phenoxy) is 1. The minimum absolute atomic E-state index is 0.0351. The summed E-state index contributed by atoms with van der Waals surface area (Å²) in [4.78, 5) is 41.0. The van der Waals surface area contributed by atoms with Gasteiger partial charge in [-0.3, -0.25) is 24.0 Å². The van der Waals surface area contributed by atoms with E-state index >= 15 is 0 Å². The maximum Gasteiger partial charge on any atom is 0.330 e. The van der Waals surface area contributed by atoms with E-state index in [1.54, 1.807) is 7.05 Å². The summed E-state index contributed by atoms with van der Waals surface area (Å²) in [7, 11) is 3.03. The minimum atomic E-state index is -0.763. The predicted molar refractivity (Wildman–Crippen MR) is 105 cm³/mol. The van der Waals surface area contributed by atoms with E-state index < -0.39 is 17.2 Å². The Bertz CT molecular complexity index is 963. The number of aromatic nitrogens is 3. The maximum absolute atomic E-state index is 13.1. The number of nitrogen functional groups attached to an aromatic ring is 1. The van der Waals surface area contributed by atoms with Gasteiger partial charge in [-0.05, 0) is 12.5 Å². The van der Waals surface area contributed by atoms with E-state index in [9.17, 15) is 14.4 Å². The third kappa shape index (κ3) is 4.05. The van der Waals surface area contributed by atoms with Crippen LogP contribution in [-0.2, 0) is 18.3 Å². The minimum Gasteiger partial charge on any atom is -0.383 e. The summed E-state index contributed by atoms with van der Waals surface area (Å²) in [5.74, 6) is -0.649. The first-order valence-electron chi connectivity index (χ1n) is 8.18. The molecule has 0 aliphatic rings. The van der Waals surface area contributed by atoms with Gasteiger partial charge in [0, 0.05) is 27.2 Å². The van der Waals surface area contributed by atoms with E-state index in [-0.39, 0.29) is 40.5 Å². The fraction of sp³-hybridized carbons (Fsp3) is 0.438. The number of methoxy groups -OCH3 is 1. The predicted octanol–water partition coefficient (Wildman–Crippen LogP) is 1.47. The topological polar surface area (TPSA) is 115 Å². The van der Waals surface area contributed by atoms with Crippen LogP contribution < -0.4 is 21.9 Å². The number of H-pyrrole nitrogens is 1. The summed E-state index contributed by atoms with van der Waals surface area (Å²) in [6.07, 6.45) is 0.616. The number of carbonyl (C=O) groups excluding carboxylic acids is 1. The van der Waals surface area contributed by atoms with Crippen molar-refractivity contribution in [3.63, 3.8) is 0 Å². The first kappa shape index (κ1) is 21.1. The molecule has 0 bridgehead atoms. The zero-order valence-electron chi connectivity index (χ0n) is 15.2. The average molecular weight is 418 g/mol. The lowest BCUT2D eigenvalue weighted by molar-refractivity contribution is 0.0967. The van der Waals surface area contributed by atoms with Crippen molar-refractivity contribution < 1.29 is 9.53 Å². The number of anilines is 2. The van der Waals surface area contributed by atoms with Gasteiger partial charge in [-0.15, -0.1) is 0 Å². The summed E-state index contributed by atoms with van der Waals surface area (Å²) < 4.78 is 7.66. The van der Waals surface area contributed by atoms with Crippen LogP contribution in [0.25, 0.3) is 0 Å². The Morgan fingerprint density at radius 2 is 2.04 bits per heavy atom. The molecule has 0 spiro atoms. The fourth-order valence-corrected chi connectivity index (χ4v) is 3.04. The molecular formula is C16H21Cl2N5O4. The number of halogens is 2. The molecule has 0 saturated carbocycles. The highest BCUT2D eigenvalue weighted by molar-refractivity contribution is 6.42. The standard InChI is InChI=1S/C16H21Cl2N5O4/c1-4-5-23-13(19)11(14(24)20-16(23)26)22(6-7-27-3)15(25)10-8-9(17)12(18)21(10)2/h8H,4-7,19H2,1-3H3,(H,20,24,26). The molecule has 0 aliphatic heterocycles. The van der Waals surface area contributed by atoms with Gasteiger partial charge in [0.1, 0.15) is 16.7 Å². The molecule has 27 heavy (non-hydrogen) atoms. The van der Waals surface area contributed by atoms with Crippen LogP contribution in [0.15, 0.2) is 15.7 Å². The monoisotopic (exact) mass is 417 g/mol. The first-order chi connectivity index (χ1) is 12.7. The van der Waals surface area contributed by atoms with Crippen LogP contribution >= 0.6 is 23.2 Å². The molecule has 0 aliphatic carbocycles. The molecule has 11 heteroatoms. The first-order valence-corrected chi connectivity index (χ1v) is 8.94. The van der Waals surface area contributed by atoms with Crippen LogP contribution in [0.1, 0.15) is 23.8 Å². The molecule has 2 aromatic rings. The van der Waals surface area contributed by atoms with Crippen molar-refractivity contribution in [3.8, 4) is 0 Å². The zero-order chi connectivity index (χ0) is 20.3. The van der Waals surface area contributed by atoms with E-state index in [1.165, 1.54) is 22.3 Å². The van der Waals surface area contributed by atoms with Gasteiger partial charge in [-0.2, -0.15) is 0 Å². The largest absolute Gasteiger partial charge is 0.383 e. The van der Waals surface area contributed by atoms with Gasteiger partial charge in [0.05, 0.1) is 11.6 Å². The van der Waals surface area contributed by atoms with Gasteiger partial charge in [0.2, 0.25) is 0 Å². The quantitative estimate of drug-likeness (QED) is 0.707. The van der Waals surface area contributed by atoms with E-state index in [0.29, 0.717) is 13.0 Å². The van der Waals surface area contributed by atoms with Crippen molar-refractivity contribution in [1.82, 2.24) is 14.1 Å². The lowest BCUT2D eigenvalue weighted by atomic mass is 10.3. The van der Waals surface area contributed by atoms with Crippen molar-refractivity contribution in [2.45, 2.75) is 19.9 Å². The summed E-state index contributed by atoms with van der Waals surface area (Å²) in [5.41, 5.74) is 4.72. The number of hydrogen-bond acceptors (Lipinski definition) is 5. The normalized spacial score (nSPS) is 11.0. The van der Waals surface area contributed by atoms with Gasteiger partial charge in [-0.25, -0.2) is 4.79 Å². The summed E-state index contributed by atoms with van der Waals surface area (Å²) >= 11 is 12.0. The number of amides is 1. The van der Waals surface area contributed by atoms with Gasteiger partial charge >= 0.3 is 5.69 Å². The van der Waals surface area contributed by atoms with Crippen LogP contribution in [0.5, 0.6) is 0 Å². The van der Waals surface area contributed by atoms with Gasteiger partial charge in [0.25, 0.3) is 11.5 Å². The molecule has 0 fully saturated rings. The number of carbonyl (C=O) groups is 1. The summed E-state index contributed by atoms with van der Waals surface area (Å²) in [6.45, 7) is 2.33. The molecule has 2 rings (SSSR count). The number of nitrogens with two attached hydrogens (primary N) is 1. The van der Waals surface area contributed by atoms with Crippen LogP contribution in [0.4, 0.5) is 11.5 Å². The Kier molecular flexibility index (Phi) is 6.74. The molecular weight excluding hydrogens is 397 g/mol. The third-order valence-corrected chi connectivity index (χ3v) is 4.87. The lowest BCUT2D eigenvalue weighted by Crippen LogP contribution is -2.43. The second-order valence-electron chi connectivity index (χ2n) is 5.82. The highest BCUT2D eigenvalue weighted by Gasteiger charge is 2.27. The number of hydrogen-bond donors (Lipinski definition) is 2. The number of aromatic amines is 1. The SMILES string of the molecule is CCCn1c(N)c(N(CCOC)C(=O)c2cc(Cl)c(Cl)n2C)c(=O)[nH]c1=O. The highest BCUT2D eigenvalue weighted by atomic mass is 35.5. The second kappa shape index (κ2) is 8.64. The van der Waals surface area contributed by atoms with Crippen LogP contribution in [0, 0.1) is 0 Å². The summed E-state index contributed by atoms with van der Waals surface area (Å²) in [6, 6.07) is 1.40. The van der Waals surface area contributed by atoms with E-state index in [4.69, 9.17) is 33.7 Å². The van der Waals surface area contributed by atoms with Crippen LogP contribution in [0.2, 0.25) is 10.2 Å². The highest BCUT2D eigenvalue weighted by Crippen LogP contribution is 2.27. The Morgan fingerprint density at radius 1 is 1.37 bits per heavy atom. The molecule has 0 saturated heterocycles. The maximum atomic E-state index is 13.1. The Balaban J connectivity index is 2.65. The Morgan fingerprint density at radius 3 is 2.56 bits per heavy atom. The van der Waals surface area contributed by atoms with E-state index in [1.807, 2.05) is 6.92 Å². The van der Waals surface area contributed by atoms with Crippen molar-refractivity contribution in [2.24, 2.45) is 7.05 Å².